The molecule has 0 radical (unpaired) electrons. The summed E-state index contributed by atoms with van der Waals surface area (Å²) < 4.78 is 19.0. The summed E-state index contributed by atoms with van der Waals surface area (Å²) in [6.07, 6.45) is -0.689. The van der Waals surface area contributed by atoms with E-state index in [1.54, 1.807) is 0 Å². The monoisotopic (exact) mass is 360 g/mol. The predicted molar refractivity (Wildman–Crippen MR) is 76.7 cm³/mol. The van der Waals surface area contributed by atoms with Crippen molar-refractivity contribution in [3.63, 3.8) is 0 Å². The van der Waals surface area contributed by atoms with Crippen molar-refractivity contribution in [2.45, 2.75) is 12.5 Å². The number of carbonyl (C=O) groups excluding carboxylic acids is 1. The zero-order valence-corrected chi connectivity index (χ0v) is 12.6. The number of nitrogens with one attached hydrogen (secondary N) is 1. The molecule has 2 amide bonds. The summed E-state index contributed by atoms with van der Waals surface area (Å²) in [6.45, 7) is 0.815. The fourth-order valence-corrected chi connectivity index (χ4v) is 2.36. The van der Waals surface area contributed by atoms with Gasteiger partial charge in [-0.3, -0.25) is 4.79 Å². The molecule has 1 aliphatic rings. The zero-order chi connectivity index (χ0) is 15.4. The van der Waals surface area contributed by atoms with Gasteiger partial charge in [0.25, 0.3) is 0 Å². The molecule has 6 nitrogen and oxygen atoms in total. The van der Waals surface area contributed by atoms with Gasteiger partial charge in [-0.15, -0.1) is 0 Å². The Labute approximate surface area is 129 Å². The molecule has 21 heavy (non-hydrogen) atoms. The zero-order valence-electron chi connectivity index (χ0n) is 11.0. The highest BCUT2D eigenvalue weighted by atomic mass is 79.9. The number of anilines is 1. The first kappa shape index (κ1) is 15.7. The van der Waals surface area contributed by atoms with Gasteiger partial charge in [0.15, 0.2) is 0 Å². The normalized spacial score (nSPS) is 18.4. The van der Waals surface area contributed by atoms with E-state index in [2.05, 4.69) is 21.2 Å². The van der Waals surface area contributed by atoms with E-state index < -0.39 is 23.9 Å². The first-order chi connectivity index (χ1) is 9.95. The summed E-state index contributed by atoms with van der Waals surface area (Å²) in [4.78, 5) is 24.3. The second-order valence-corrected chi connectivity index (χ2v) is 5.45. The highest BCUT2D eigenvalue weighted by molar-refractivity contribution is 9.10. The van der Waals surface area contributed by atoms with Crippen LogP contribution in [0.25, 0.3) is 0 Å². The Bertz CT molecular complexity index is 555. The molecule has 1 aromatic rings. The minimum Gasteiger partial charge on any atom is -0.481 e. The maximum Gasteiger partial charge on any atom is 0.322 e. The number of ether oxygens (including phenoxy) is 1. The van der Waals surface area contributed by atoms with E-state index in [4.69, 9.17) is 9.84 Å². The van der Waals surface area contributed by atoms with Crippen LogP contribution >= 0.6 is 15.9 Å². The number of carboxylic acids is 1. The summed E-state index contributed by atoms with van der Waals surface area (Å²) in [5, 5.41) is 11.3. The lowest BCUT2D eigenvalue weighted by molar-refractivity contribution is -0.141. The largest absolute Gasteiger partial charge is 0.481 e. The molecule has 1 saturated heterocycles. The Morgan fingerprint density at radius 1 is 1.52 bits per heavy atom. The first-order valence-corrected chi connectivity index (χ1v) is 7.09. The van der Waals surface area contributed by atoms with Crippen molar-refractivity contribution < 1.29 is 23.8 Å². The number of morpholine rings is 1. The Morgan fingerprint density at radius 2 is 2.29 bits per heavy atom. The maximum absolute atomic E-state index is 13.2. The van der Waals surface area contributed by atoms with Gasteiger partial charge in [-0.05, 0) is 34.1 Å². The molecule has 2 N–H and O–H groups in total. The minimum atomic E-state index is -0.977. The lowest BCUT2D eigenvalue weighted by atomic mass is 10.2. The summed E-state index contributed by atoms with van der Waals surface area (Å²) in [7, 11) is 0. The number of carboxylic acid groups (broad SMARTS) is 1. The van der Waals surface area contributed by atoms with Crippen LogP contribution in [0.2, 0.25) is 0 Å². The van der Waals surface area contributed by atoms with Gasteiger partial charge in [0.05, 0.1) is 24.8 Å². The number of aliphatic carboxylic acids is 1. The molecule has 8 heteroatoms. The quantitative estimate of drug-likeness (QED) is 0.866. The van der Waals surface area contributed by atoms with Crippen LogP contribution in [0.1, 0.15) is 6.42 Å². The Balaban J connectivity index is 1.99. The topological polar surface area (TPSA) is 78.9 Å². The Kier molecular flexibility index (Phi) is 5.13. The fourth-order valence-electron chi connectivity index (χ4n) is 2.01. The van der Waals surface area contributed by atoms with Crippen LogP contribution in [0, 0.1) is 5.82 Å². The van der Waals surface area contributed by atoms with Crippen LogP contribution < -0.4 is 5.32 Å². The molecule has 0 aliphatic carbocycles. The molecule has 0 bridgehead atoms. The molecule has 0 aromatic heterocycles. The van der Waals surface area contributed by atoms with Crippen LogP contribution in [0.5, 0.6) is 0 Å². The van der Waals surface area contributed by atoms with E-state index in [1.807, 2.05) is 0 Å². The number of carbonyl (C=O) groups is 2. The molecule has 0 spiro atoms. The van der Waals surface area contributed by atoms with Crippen molar-refractivity contribution in [3.8, 4) is 0 Å². The van der Waals surface area contributed by atoms with Crippen LogP contribution in [0.4, 0.5) is 14.9 Å². The number of amides is 2. The van der Waals surface area contributed by atoms with Crippen molar-refractivity contribution in [1.82, 2.24) is 4.90 Å². The lowest BCUT2D eigenvalue weighted by Gasteiger charge is -2.32. The van der Waals surface area contributed by atoms with E-state index in [0.29, 0.717) is 16.7 Å². The van der Waals surface area contributed by atoms with E-state index in [0.717, 1.165) is 0 Å². The van der Waals surface area contributed by atoms with Gasteiger partial charge in [-0.25, -0.2) is 9.18 Å². The molecule has 1 atom stereocenters. The van der Waals surface area contributed by atoms with E-state index in [1.165, 1.54) is 23.1 Å². The average molecular weight is 361 g/mol. The molecular formula is C13H14BrFN2O4. The third-order valence-electron chi connectivity index (χ3n) is 3.00. The number of hydrogen-bond donors (Lipinski definition) is 2. The van der Waals surface area contributed by atoms with Gasteiger partial charge in [-0.1, -0.05) is 0 Å². The Morgan fingerprint density at radius 3 is 3.00 bits per heavy atom. The van der Waals surface area contributed by atoms with Gasteiger partial charge in [0.1, 0.15) is 5.82 Å². The number of nitrogens with zero attached hydrogens (tertiary/aromatic N) is 1. The van der Waals surface area contributed by atoms with Crippen molar-refractivity contribution in [2.24, 2.45) is 0 Å². The van der Waals surface area contributed by atoms with Crippen LogP contribution in [0.3, 0.4) is 0 Å². The third kappa shape index (κ3) is 4.40. The lowest BCUT2D eigenvalue weighted by Crippen LogP contribution is -2.47. The molecule has 1 fully saturated rings. The highest BCUT2D eigenvalue weighted by Crippen LogP contribution is 2.23. The molecule has 2 rings (SSSR count). The second-order valence-electron chi connectivity index (χ2n) is 4.59. The molecule has 1 aliphatic heterocycles. The molecule has 1 unspecified atom stereocenters. The first-order valence-electron chi connectivity index (χ1n) is 6.30. The van der Waals surface area contributed by atoms with Crippen molar-refractivity contribution in [2.75, 3.05) is 25.0 Å². The minimum absolute atomic E-state index is 0.159. The van der Waals surface area contributed by atoms with Crippen molar-refractivity contribution in [1.29, 1.82) is 0 Å². The smallest absolute Gasteiger partial charge is 0.322 e. The van der Waals surface area contributed by atoms with Crippen LogP contribution in [-0.2, 0) is 9.53 Å². The molecule has 1 heterocycles. The van der Waals surface area contributed by atoms with Gasteiger partial charge in [-0.2, -0.15) is 0 Å². The van der Waals surface area contributed by atoms with Crippen LogP contribution in [-0.4, -0.2) is 47.8 Å². The van der Waals surface area contributed by atoms with E-state index in [-0.39, 0.29) is 19.6 Å². The van der Waals surface area contributed by atoms with Gasteiger partial charge in [0, 0.05) is 17.6 Å². The summed E-state index contributed by atoms with van der Waals surface area (Å²) in [5.74, 6) is -1.44. The number of halogens is 2. The molecular weight excluding hydrogens is 347 g/mol. The SMILES string of the molecule is O=C(O)CC1CN(C(=O)Nc2cc(F)ccc2Br)CCO1. The van der Waals surface area contributed by atoms with Gasteiger partial charge >= 0.3 is 12.0 Å². The number of rotatable bonds is 3. The van der Waals surface area contributed by atoms with Crippen LogP contribution in [0.15, 0.2) is 22.7 Å². The maximum atomic E-state index is 13.2. The number of benzene rings is 1. The number of hydrogen-bond acceptors (Lipinski definition) is 3. The van der Waals surface area contributed by atoms with Crippen molar-refractivity contribution >= 4 is 33.6 Å². The standard InChI is InChI=1S/C13H14BrFN2O4/c14-10-2-1-8(15)5-11(10)16-13(20)17-3-4-21-9(7-17)6-12(18)19/h1-2,5,9H,3-4,6-7H2,(H,16,20)(H,18,19). The summed E-state index contributed by atoms with van der Waals surface area (Å²) >= 11 is 3.23. The van der Waals surface area contributed by atoms with E-state index >= 15 is 0 Å². The summed E-state index contributed by atoms with van der Waals surface area (Å²) in [5.41, 5.74) is 0.321. The van der Waals surface area contributed by atoms with Gasteiger partial charge < -0.3 is 20.1 Å². The van der Waals surface area contributed by atoms with Gasteiger partial charge in [0.2, 0.25) is 0 Å². The van der Waals surface area contributed by atoms with E-state index in [9.17, 15) is 14.0 Å². The number of urea groups is 1. The third-order valence-corrected chi connectivity index (χ3v) is 3.69. The predicted octanol–water partition coefficient (Wildman–Crippen LogP) is 2.30. The molecule has 114 valence electrons. The average Bonchev–Trinajstić information content (AvgIpc) is 2.42. The second kappa shape index (κ2) is 6.86. The highest BCUT2D eigenvalue weighted by Gasteiger charge is 2.26. The molecule has 0 saturated carbocycles. The fraction of sp³-hybridized carbons (Fsp3) is 0.385. The molecule has 1 aromatic carbocycles. The Hall–Kier alpha value is -1.67. The summed E-state index contributed by atoms with van der Waals surface area (Å²) in [6, 6.07) is 3.56. The van der Waals surface area contributed by atoms with Crippen molar-refractivity contribution in [3.05, 3.63) is 28.5 Å².